The normalized spacial score (nSPS) is 22.5. The van der Waals surface area contributed by atoms with E-state index < -0.39 is 10.0 Å². The highest BCUT2D eigenvalue weighted by molar-refractivity contribution is 7.90. The van der Waals surface area contributed by atoms with Crippen molar-refractivity contribution in [3.63, 3.8) is 0 Å². The minimum atomic E-state index is -3.16. The third-order valence-electron chi connectivity index (χ3n) is 5.04. The quantitative estimate of drug-likeness (QED) is 0.812. The molecule has 1 unspecified atom stereocenters. The third-order valence-corrected chi connectivity index (χ3v) is 7.45. The van der Waals surface area contributed by atoms with Gasteiger partial charge in [0, 0.05) is 38.6 Å². The number of aryl methyl sites for hydroxylation is 1. The summed E-state index contributed by atoms with van der Waals surface area (Å²) in [5.74, 6) is 1.59. The SMILES string of the molecule is Cc1nnc2c(N3CCCC(N(C)S(=O)(=O)C4CC4)C3)nccn12. The Morgan fingerprint density at radius 1 is 1.25 bits per heavy atom. The molecular weight excluding hydrogens is 328 g/mol. The standard InChI is InChI=1S/C15H22N6O2S/c1-11-17-18-15-14(16-7-9-21(11)15)20-8-3-4-12(10-20)19(2)24(22,23)13-5-6-13/h7,9,12-13H,3-6,8,10H2,1-2H3. The molecule has 4 rings (SSSR count). The molecular formula is C15H22N6O2S. The Morgan fingerprint density at radius 2 is 2.04 bits per heavy atom. The van der Waals surface area contributed by atoms with E-state index >= 15 is 0 Å². The highest BCUT2D eigenvalue weighted by Crippen LogP contribution is 2.33. The fourth-order valence-corrected chi connectivity index (χ4v) is 5.19. The molecule has 24 heavy (non-hydrogen) atoms. The molecule has 8 nitrogen and oxygen atoms in total. The minimum Gasteiger partial charge on any atom is -0.352 e. The molecule has 0 aromatic carbocycles. The smallest absolute Gasteiger partial charge is 0.217 e. The fourth-order valence-electron chi connectivity index (χ4n) is 3.40. The zero-order valence-electron chi connectivity index (χ0n) is 14.0. The number of piperidine rings is 1. The summed E-state index contributed by atoms with van der Waals surface area (Å²) in [5, 5.41) is 8.18. The number of nitrogens with zero attached hydrogens (tertiary/aromatic N) is 6. The molecule has 2 fully saturated rings. The number of hydrogen-bond donors (Lipinski definition) is 0. The van der Waals surface area contributed by atoms with Gasteiger partial charge in [-0.25, -0.2) is 13.4 Å². The first-order valence-corrected chi connectivity index (χ1v) is 9.87. The van der Waals surface area contributed by atoms with E-state index in [1.165, 1.54) is 0 Å². The molecule has 1 atom stereocenters. The fraction of sp³-hybridized carbons (Fsp3) is 0.667. The van der Waals surface area contributed by atoms with E-state index in [1.807, 2.05) is 17.5 Å². The average molecular weight is 350 g/mol. The number of hydrogen-bond acceptors (Lipinski definition) is 6. The molecule has 1 saturated heterocycles. The summed E-state index contributed by atoms with van der Waals surface area (Å²) < 4.78 is 28.5. The van der Waals surface area contributed by atoms with Crippen LogP contribution in [-0.2, 0) is 10.0 Å². The van der Waals surface area contributed by atoms with E-state index in [1.54, 1.807) is 17.5 Å². The van der Waals surface area contributed by atoms with Crippen molar-refractivity contribution in [1.82, 2.24) is 23.9 Å². The van der Waals surface area contributed by atoms with Crippen molar-refractivity contribution in [2.75, 3.05) is 25.0 Å². The lowest BCUT2D eigenvalue weighted by molar-refractivity contribution is 0.319. The molecule has 1 aliphatic heterocycles. The molecule has 3 heterocycles. The van der Waals surface area contributed by atoms with Crippen molar-refractivity contribution < 1.29 is 8.42 Å². The maximum atomic E-state index is 12.5. The second-order valence-electron chi connectivity index (χ2n) is 6.69. The van der Waals surface area contributed by atoms with Gasteiger partial charge in [-0.2, -0.15) is 4.31 Å². The van der Waals surface area contributed by atoms with Gasteiger partial charge in [0.25, 0.3) is 0 Å². The Kier molecular flexibility index (Phi) is 3.72. The summed E-state index contributed by atoms with van der Waals surface area (Å²) in [7, 11) is -1.44. The van der Waals surface area contributed by atoms with Gasteiger partial charge in [0.05, 0.1) is 5.25 Å². The topological polar surface area (TPSA) is 83.7 Å². The van der Waals surface area contributed by atoms with Gasteiger partial charge in [-0.05, 0) is 32.6 Å². The summed E-state index contributed by atoms with van der Waals surface area (Å²) in [5.41, 5.74) is 0.725. The number of aromatic nitrogens is 4. The number of anilines is 1. The lowest BCUT2D eigenvalue weighted by atomic mass is 10.1. The van der Waals surface area contributed by atoms with Gasteiger partial charge < -0.3 is 4.90 Å². The Balaban J connectivity index is 1.60. The molecule has 0 radical (unpaired) electrons. The van der Waals surface area contributed by atoms with Crippen LogP contribution in [0.1, 0.15) is 31.5 Å². The molecule has 2 aromatic heterocycles. The van der Waals surface area contributed by atoms with Gasteiger partial charge in [-0.15, -0.1) is 10.2 Å². The molecule has 1 aliphatic carbocycles. The summed E-state index contributed by atoms with van der Waals surface area (Å²) in [6, 6.07) is -0.0181. The van der Waals surface area contributed by atoms with Crippen LogP contribution in [0.4, 0.5) is 5.82 Å². The molecule has 2 aliphatic rings. The van der Waals surface area contributed by atoms with Crippen LogP contribution in [0.15, 0.2) is 12.4 Å². The maximum absolute atomic E-state index is 12.5. The van der Waals surface area contributed by atoms with E-state index in [0.717, 1.165) is 49.5 Å². The zero-order valence-corrected chi connectivity index (χ0v) is 14.8. The van der Waals surface area contributed by atoms with Crippen LogP contribution < -0.4 is 4.90 Å². The molecule has 1 saturated carbocycles. The maximum Gasteiger partial charge on any atom is 0.217 e. The predicted molar refractivity (Wildman–Crippen MR) is 90.5 cm³/mol. The van der Waals surface area contributed by atoms with Crippen molar-refractivity contribution in [2.24, 2.45) is 0 Å². The van der Waals surface area contributed by atoms with E-state index in [4.69, 9.17) is 0 Å². The average Bonchev–Trinajstić information content (AvgIpc) is 3.39. The second-order valence-corrected chi connectivity index (χ2v) is 8.97. The van der Waals surface area contributed by atoms with Crippen LogP contribution in [0.3, 0.4) is 0 Å². The second kappa shape index (κ2) is 5.66. The molecule has 0 bridgehead atoms. The van der Waals surface area contributed by atoms with E-state index in [9.17, 15) is 8.42 Å². The molecule has 0 N–H and O–H groups in total. The third kappa shape index (κ3) is 2.55. The van der Waals surface area contributed by atoms with Crippen molar-refractivity contribution in [3.05, 3.63) is 18.2 Å². The van der Waals surface area contributed by atoms with Gasteiger partial charge in [0.15, 0.2) is 5.82 Å². The van der Waals surface area contributed by atoms with E-state index in [-0.39, 0.29) is 11.3 Å². The molecule has 0 spiro atoms. The van der Waals surface area contributed by atoms with Crippen molar-refractivity contribution in [2.45, 2.75) is 43.9 Å². The van der Waals surface area contributed by atoms with Crippen LogP contribution in [0.2, 0.25) is 0 Å². The molecule has 0 amide bonds. The number of sulfonamides is 1. The Labute approximate surface area is 141 Å². The van der Waals surface area contributed by atoms with Crippen LogP contribution in [0.5, 0.6) is 0 Å². The van der Waals surface area contributed by atoms with Gasteiger partial charge in [0.2, 0.25) is 15.7 Å². The largest absolute Gasteiger partial charge is 0.352 e. The highest BCUT2D eigenvalue weighted by Gasteiger charge is 2.42. The Hall–Kier alpha value is -1.74. The summed E-state index contributed by atoms with van der Waals surface area (Å²) in [6.07, 6.45) is 7.00. The summed E-state index contributed by atoms with van der Waals surface area (Å²) in [4.78, 5) is 6.62. The predicted octanol–water partition coefficient (Wildman–Crippen LogP) is 0.826. The monoisotopic (exact) mass is 350 g/mol. The highest BCUT2D eigenvalue weighted by atomic mass is 32.2. The number of rotatable bonds is 4. The van der Waals surface area contributed by atoms with E-state index in [2.05, 4.69) is 20.1 Å². The van der Waals surface area contributed by atoms with Gasteiger partial charge in [-0.3, -0.25) is 4.40 Å². The van der Waals surface area contributed by atoms with Crippen molar-refractivity contribution in [1.29, 1.82) is 0 Å². The lowest BCUT2D eigenvalue weighted by Gasteiger charge is -2.37. The van der Waals surface area contributed by atoms with Crippen molar-refractivity contribution in [3.8, 4) is 0 Å². The first kappa shape index (κ1) is 15.8. The zero-order chi connectivity index (χ0) is 16.9. The van der Waals surface area contributed by atoms with Crippen LogP contribution in [-0.4, -0.2) is 63.7 Å². The molecule has 9 heteroatoms. The number of fused-ring (bicyclic) bond motifs is 1. The van der Waals surface area contributed by atoms with Gasteiger partial charge in [-0.1, -0.05) is 0 Å². The Bertz CT molecular complexity index is 860. The Morgan fingerprint density at radius 3 is 2.79 bits per heavy atom. The van der Waals surface area contributed by atoms with Crippen LogP contribution in [0.25, 0.3) is 5.65 Å². The van der Waals surface area contributed by atoms with Crippen LogP contribution >= 0.6 is 0 Å². The number of likely N-dealkylation sites (N-methyl/N-ethyl adjacent to an activating group) is 1. The van der Waals surface area contributed by atoms with Gasteiger partial charge in [0.1, 0.15) is 5.82 Å². The lowest BCUT2D eigenvalue weighted by Crippen LogP contribution is -2.49. The molecule has 130 valence electrons. The molecule has 2 aromatic rings. The summed E-state index contributed by atoms with van der Waals surface area (Å²) in [6.45, 7) is 3.40. The first-order valence-electron chi connectivity index (χ1n) is 8.36. The van der Waals surface area contributed by atoms with Crippen molar-refractivity contribution >= 4 is 21.5 Å². The summed E-state index contributed by atoms with van der Waals surface area (Å²) >= 11 is 0. The van der Waals surface area contributed by atoms with Gasteiger partial charge >= 0.3 is 0 Å². The van der Waals surface area contributed by atoms with E-state index in [0.29, 0.717) is 6.54 Å². The first-order chi connectivity index (χ1) is 11.5. The van der Waals surface area contributed by atoms with Crippen LogP contribution in [0, 0.1) is 6.92 Å². The minimum absolute atomic E-state index is 0.0181.